The van der Waals surface area contributed by atoms with Crippen LogP contribution in [0.15, 0.2) is 4.79 Å². The molecule has 0 amide bonds. The fourth-order valence-corrected chi connectivity index (χ4v) is 2.77. The Kier molecular flexibility index (Phi) is 5.70. The van der Waals surface area contributed by atoms with Crippen LogP contribution in [-0.2, 0) is 4.79 Å². The molecular weight excluding hydrogens is 268 g/mol. The summed E-state index contributed by atoms with van der Waals surface area (Å²) in [4.78, 5) is 27.5. The van der Waals surface area contributed by atoms with Crippen molar-refractivity contribution in [1.82, 2.24) is 9.55 Å². The Morgan fingerprint density at radius 2 is 1.76 bits per heavy atom. The van der Waals surface area contributed by atoms with Crippen molar-refractivity contribution in [2.45, 2.75) is 66.3 Å². The summed E-state index contributed by atoms with van der Waals surface area (Å²) in [5.41, 5.74) is 1.60. The quantitative estimate of drug-likeness (QED) is 0.875. The lowest BCUT2D eigenvalue weighted by atomic mass is 9.97. The molecule has 0 radical (unpaired) electrons. The first kappa shape index (κ1) is 17.4. The number of rotatable bonds is 6. The average Bonchev–Trinajstić information content (AvgIpc) is 2.35. The van der Waals surface area contributed by atoms with E-state index in [9.17, 15) is 14.7 Å². The highest BCUT2D eigenvalue weighted by atomic mass is 16.4. The van der Waals surface area contributed by atoms with Gasteiger partial charge >= 0.3 is 11.7 Å². The normalized spacial score (nSPS) is 14.2. The van der Waals surface area contributed by atoms with E-state index in [4.69, 9.17) is 0 Å². The van der Waals surface area contributed by atoms with Crippen LogP contribution in [0.5, 0.6) is 0 Å². The molecule has 5 nitrogen and oxygen atoms in total. The highest BCUT2D eigenvalue weighted by Gasteiger charge is 2.23. The molecule has 1 heterocycles. The topological polar surface area (TPSA) is 72.2 Å². The number of hydrogen-bond donors (Lipinski definition) is 1. The molecule has 118 valence electrons. The molecule has 2 unspecified atom stereocenters. The van der Waals surface area contributed by atoms with E-state index in [1.165, 1.54) is 0 Å². The first-order valence-corrected chi connectivity index (χ1v) is 7.49. The maximum absolute atomic E-state index is 12.2. The Balaban J connectivity index is 3.30. The van der Waals surface area contributed by atoms with Gasteiger partial charge < -0.3 is 5.11 Å². The molecule has 0 saturated carbocycles. The van der Waals surface area contributed by atoms with Crippen LogP contribution in [0.25, 0.3) is 0 Å². The van der Waals surface area contributed by atoms with Crippen molar-refractivity contribution < 1.29 is 9.90 Å². The molecule has 0 aliphatic rings. The van der Waals surface area contributed by atoms with Crippen molar-refractivity contribution in [3.63, 3.8) is 0 Å². The molecule has 0 bridgehead atoms. The molecule has 1 rings (SSSR count). The van der Waals surface area contributed by atoms with Crippen LogP contribution in [-0.4, -0.2) is 20.6 Å². The van der Waals surface area contributed by atoms with Gasteiger partial charge in [-0.3, -0.25) is 9.36 Å². The third kappa shape index (κ3) is 3.93. The molecule has 1 N–H and O–H groups in total. The minimum Gasteiger partial charge on any atom is -0.481 e. The largest absolute Gasteiger partial charge is 0.481 e. The lowest BCUT2D eigenvalue weighted by molar-refractivity contribution is -0.138. The molecule has 0 aliphatic heterocycles. The number of carbonyl (C=O) groups is 1. The van der Waals surface area contributed by atoms with Crippen molar-refractivity contribution in [1.29, 1.82) is 0 Å². The molecule has 5 heteroatoms. The van der Waals surface area contributed by atoms with Crippen molar-refractivity contribution >= 4 is 5.97 Å². The van der Waals surface area contributed by atoms with E-state index < -0.39 is 11.9 Å². The summed E-state index contributed by atoms with van der Waals surface area (Å²) >= 11 is 0. The van der Waals surface area contributed by atoms with Gasteiger partial charge in [-0.1, -0.05) is 13.8 Å². The predicted molar refractivity (Wildman–Crippen MR) is 82.8 cm³/mol. The second-order valence-corrected chi connectivity index (χ2v) is 6.23. The Hall–Kier alpha value is -1.65. The first-order valence-electron chi connectivity index (χ1n) is 7.49. The SMILES string of the molecule is Cc1nc(=O)n(C(C)CCC(C)C)c(C)c1C(C)C(=O)O. The van der Waals surface area contributed by atoms with Gasteiger partial charge in [0.2, 0.25) is 0 Å². The summed E-state index contributed by atoms with van der Waals surface area (Å²) < 4.78 is 1.64. The van der Waals surface area contributed by atoms with E-state index in [0.29, 0.717) is 17.2 Å². The number of nitrogens with zero attached hydrogens (tertiary/aromatic N) is 2. The number of aryl methyl sites for hydroxylation is 1. The zero-order valence-electron chi connectivity index (χ0n) is 13.8. The first-order chi connectivity index (χ1) is 9.66. The number of carboxylic acid groups (broad SMARTS) is 1. The minimum absolute atomic E-state index is 0.0211. The molecule has 1 aromatic heterocycles. The molecule has 0 aliphatic carbocycles. The second-order valence-electron chi connectivity index (χ2n) is 6.23. The van der Waals surface area contributed by atoms with E-state index in [-0.39, 0.29) is 11.7 Å². The lowest BCUT2D eigenvalue weighted by Crippen LogP contribution is -2.31. The molecule has 1 aromatic rings. The second kappa shape index (κ2) is 6.87. The van der Waals surface area contributed by atoms with Crippen molar-refractivity contribution in [3.8, 4) is 0 Å². The maximum Gasteiger partial charge on any atom is 0.348 e. The highest BCUT2D eigenvalue weighted by molar-refractivity contribution is 5.76. The Morgan fingerprint density at radius 3 is 2.24 bits per heavy atom. The number of carboxylic acids is 1. The number of aliphatic carboxylic acids is 1. The van der Waals surface area contributed by atoms with Crippen molar-refractivity contribution in [2.75, 3.05) is 0 Å². The molecule has 0 fully saturated rings. The predicted octanol–water partition coefficient (Wildman–Crippen LogP) is 3.05. The summed E-state index contributed by atoms with van der Waals surface area (Å²) in [6, 6.07) is 0.0211. The Labute approximate surface area is 126 Å². The van der Waals surface area contributed by atoms with Crippen molar-refractivity contribution in [2.24, 2.45) is 5.92 Å². The fourth-order valence-electron chi connectivity index (χ4n) is 2.77. The van der Waals surface area contributed by atoms with E-state index in [0.717, 1.165) is 18.5 Å². The molecule has 0 spiro atoms. The van der Waals surface area contributed by atoms with Crippen LogP contribution in [0.3, 0.4) is 0 Å². The van der Waals surface area contributed by atoms with Crippen LogP contribution in [0, 0.1) is 19.8 Å². The van der Waals surface area contributed by atoms with Gasteiger partial charge in [0.15, 0.2) is 0 Å². The van der Waals surface area contributed by atoms with Gasteiger partial charge in [-0.05, 0) is 46.5 Å². The van der Waals surface area contributed by atoms with Gasteiger partial charge in [0, 0.05) is 23.0 Å². The molecule has 2 atom stereocenters. The van der Waals surface area contributed by atoms with Gasteiger partial charge in [0.05, 0.1) is 5.92 Å². The van der Waals surface area contributed by atoms with Gasteiger partial charge in [-0.2, -0.15) is 4.98 Å². The monoisotopic (exact) mass is 294 g/mol. The van der Waals surface area contributed by atoms with Gasteiger partial charge in [-0.15, -0.1) is 0 Å². The van der Waals surface area contributed by atoms with Gasteiger partial charge in [-0.25, -0.2) is 4.79 Å². The molecule has 21 heavy (non-hydrogen) atoms. The van der Waals surface area contributed by atoms with Crippen LogP contribution in [0.4, 0.5) is 0 Å². The summed E-state index contributed by atoms with van der Waals surface area (Å²) in [5, 5.41) is 9.24. The van der Waals surface area contributed by atoms with Crippen LogP contribution in [0.1, 0.15) is 69.4 Å². The standard InChI is InChI=1S/C16H26N2O3/c1-9(2)7-8-10(3)18-13(6)14(11(4)15(19)20)12(5)17-16(18)21/h9-11H,7-8H2,1-6H3,(H,19,20). The highest BCUT2D eigenvalue weighted by Crippen LogP contribution is 2.24. The number of hydrogen-bond acceptors (Lipinski definition) is 3. The smallest absolute Gasteiger partial charge is 0.348 e. The van der Waals surface area contributed by atoms with Crippen LogP contribution >= 0.6 is 0 Å². The molecule has 0 saturated heterocycles. The lowest BCUT2D eigenvalue weighted by Gasteiger charge is -2.23. The van der Waals surface area contributed by atoms with Crippen molar-refractivity contribution in [3.05, 3.63) is 27.4 Å². The van der Waals surface area contributed by atoms with Crippen LogP contribution < -0.4 is 5.69 Å². The number of aromatic nitrogens is 2. The van der Waals surface area contributed by atoms with Gasteiger partial charge in [0.25, 0.3) is 0 Å². The van der Waals surface area contributed by atoms with E-state index in [1.54, 1.807) is 18.4 Å². The fraction of sp³-hybridized carbons (Fsp3) is 0.688. The molecular formula is C16H26N2O3. The van der Waals surface area contributed by atoms with E-state index in [1.807, 2.05) is 13.8 Å². The summed E-state index contributed by atoms with van der Waals surface area (Å²) in [7, 11) is 0. The minimum atomic E-state index is -0.900. The van der Waals surface area contributed by atoms with E-state index >= 15 is 0 Å². The summed E-state index contributed by atoms with van der Waals surface area (Å²) in [6.45, 7) is 11.4. The Morgan fingerprint density at radius 1 is 1.19 bits per heavy atom. The maximum atomic E-state index is 12.2. The summed E-state index contributed by atoms with van der Waals surface area (Å²) in [5.74, 6) is -0.996. The van der Waals surface area contributed by atoms with E-state index in [2.05, 4.69) is 18.8 Å². The third-order valence-electron chi connectivity index (χ3n) is 4.02. The Bertz CT molecular complexity index is 576. The van der Waals surface area contributed by atoms with Crippen LogP contribution in [0.2, 0.25) is 0 Å². The zero-order chi connectivity index (χ0) is 16.3. The third-order valence-corrected chi connectivity index (χ3v) is 4.02. The summed E-state index contributed by atoms with van der Waals surface area (Å²) in [6.07, 6.45) is 1.90. The van der Waals surface area contributed by atoms with Gasteiger partial charge in [0.1, 0.15) is 0 Å². The zero-order valence-corrected chi connectivity index (χ0v) is 13.8. The average molecular weight is 294 g/mol. The molecule has 0 aromatic carbocycles.